The van der Waals surface area contributed by atoms with Crippen molar-refractivity contribution < 1.29 is 9.59 Å². The minimum atomic E-state index is -0.471. The molecule has 0 radical (unpaired) electrons. The zero-order valence-electron chi connectivity index (χ0n) is 12.4. The third kappa shape index (κ3) is 3.24. The van der Waals surface area contributed by atoms with Crippen molar-refractivity contribution in [3.8, 4) is 0 Å². The van der Waals surface area contributed by atoms with E-state index in [9.17, 15) is 9.59 Å². The summed E-state index contributed by atoms with van der Waals surface area (Å²) in [5.74, 6) is -0.485. The Kier molecular flexibility index (Phi) is 4.63. The van der Waals surface area contributed by atoms with E-state index in [0.29, 0.717) is 17.8 Å². The Hall–Kier alpha value is -1.88. The van der Waals surface area contributed by atoms with E-state index < -0.39 is 11.3 Å². The molecule has 0 aromatic heterocycles. The Morgan fingerprint density at radius 3 is 2.43 bits per heavy atom. The number of primary amides is 1. The maximum atomic E-state index is 12.6. The molecule has 21 heavy (non-hydrogen) atoms. The number of nitrogens with one attached hydrogen (secondary N) is 1. The van der Waals surface area contributed by atoms with Gasteiger partial charge in [0, 0.05) is 17.8 Å². The summed E-state index contributed by atoms with van der Waals surface area (Å²) in [5.41, 5.74) is 12.6. The molecular weight excluding hydrogens is 266 g/mol. The van der Waals surface area contributed by atoms with Crippen molar-refractivity contribution >= 4 is 17.5 Å². The summed E-state index contributed by atoms with van der Waals surface area (Å²) in [4.78, 5) is 23.8. The quantitative estimate of drug-likeness (QED) is 0.790. The lowest BCUT2D eigenvalue weighted by atomic mass is 9.73. The Bertz CT molecular complexity index is 548. The fraction of sp³-hybridized carbons (Fsp3) is 0.500. The second-order valence-electron chi connectivity index (χ2n) is 5.89. The van der Waals surface area contributed by atoms with Crippen molar-refractivity contribution in [1.82, 2.24) is 0 Å². The number of amides is 2. The number of rotatable bonds is 4. The van der Waals surface area contributed by atoms with Crippen LogP contribution in [0.3, 0.4) is 0 Å². The van der Waals surface area contributed by atoms with Gasteiger partial charge < -0.3 is 16.8 Å². The van der Waals surface area contributed by atoms with E-state index in [1.54, 1.807) is 18.2 Å². The summed E-state index contributed by atoms with van der Waals surface area (Å²) >= 11 is 0. The molecule has 5 nitrogen and oxygen atoms in total. The van der Waals surface area contributed by atoms with E-state index in [1.807, 2.05) is 6.92 Å². The first-order valence-corrected chi connectivity index (χ1v) is 7.40. The molecule has 1 fully saturated rings. The van der Waals surface area contributed by atoms with Crippen molar-refractivity contribution in [2.45, 2.75) is 39.0 Å². The number of aryl methyl sites for hydroxylation is 1. The van der Waals surface area contributed by atoms with Crippen LogP contribution < -0.4 is 16.8 Å². The van der Waals surface area contributed by atoms with E-state index in [0.717, 1.165) is 31.2 Å². The predicted molar refractivity (Wildman–Crippen MR) is 82.9 cm³/mol. The summed E-state index contributed by atoms with van der Waals surface area (Å²) < 4.78 is 0. The average Bonchev–Trinajstić information content (AvgIpc) is 2.49. The molecule has 0 unspecified atom stereocenters. The van der Waals surface area contributed by atoms with E-state index in [1.165, 1.54) is 6.42 Å². The second kappa shape index (κ2) is 6.26. The smallest absolute Gasteiger partial charge is 0.248 e. The molecule has 0 atom stereocenters. The van der Waals surface area contributed by atoms with E-state index >= 15 is 0 Å². The first kappa shape index (κ1) is 15.5. The molecule has 0 bridgehead atoms. The van der Waals surface area contributed by atoms with Crippen LogP contribution in [0.25, 0.3) is 0 Å². The Morgan fingerprint density at radius 2 is 1.90 bits per heavy atom. The molecule has 1 aliphatic rings. The molecule has 0 saturated heterocycles. The summed E-state index contributed by atoms with van der Waals surface area (Å²) in [6.07, 6.45) is 4.94. The number of anilines is 1. The van der Waals surface area contributed by atoms with Gasteiger partial charge in [-0.05, 0) is 43.5 Å². The van der Waals surface area contributed by atoms with E-state index in [-0.39, 0.29) is 5.91 Å². The monoisotopic (exact) mass is 289 g/mol. The van der Waals surface area contributed by atoms with E-state index in [2.05, 4.69) is 5.32 Å². The summed E-state index contributed by atoms with van der Waals surface area (Å²) in [6.45, 7) is 2.22. The first-order valence-electron chi connectivity index (χ1n) is 7.40. The van der Waals surface area contributed by atoms with Gasteiger partial charge in [-0.1, -0.05) is 19.3 Å². The van der Waals surface area contributed by atoms with E-state index in [4.69, 9.17) is 11.5 Å². The normalized spacial score (nSPS) is 17.2. The van der Waals surface area contributed by atoms with Crippen LogP contribution in [0.2, 0.25) is 0 Å². The van der Waals surface area contributed by atoms with Crippen molar-refractivity contribution in [2.75, 3.05) is 11.9 Å². The van der Waals surface area contributed by atoms with Gasteiger partial charge in [-0.25, -0.2) is 0 Å². The van der Waals surface area contributed by atoms with Gasteiger partial charge in [-0.15, -0.1) is 0 Å². The largest absolute Gasteiger partial charge is 0.366 e. The standard InChI is InChI=1S/C16H23N3O2/c1-11-9-12(14(18)20)5-6-13(11)19-15(21)16(10-17)7-3-2-4-8-16/h5-6,9H,2-4,7-8,10,17H2,1H3,(H2,18,20)(H,19,21). The Morgan fingerprint density at radius 1 is 1.24 bits per heavy atom. The number of benzene rings is 1. The lowest BCUT2D eigenvalue weighted by Crippen LogP contribution is -2.43. The lowest BCUT2D eigenvalue weighted by molar-refractivity contribution is -0.126. The molecule has 114 valence electrons. The molecule has 5 N–H and O–H groups in total. The maximum Gasteiger partial charge on any atom is 0.248 e. The maximum absolute atomic E-state index is 12.6. The third-order valence-electron chi connectivity index (χ3n) is 4.44. The summed E-state index contributed by atoms with van der Waals surface area (Å²) in [6, 6.07) is 5.04. The van der Waals surface area contributed by atoms with Crippen molar-refractivity contribution in [3.63, 3.8) is 0 Å². The van der Waals surface area contributed by atoms with Gasteiger partial charge in [-0.3, -0.25) is 9.59 Å². The molecule has 2 rings (SSSR count). The van der Waals surface area contributed by atoms with Crippen molar-refractivity contribution in [1.29, 1.82) is 0 Å². The SMILES string of the molecule is Cc1cc(C(N)=O)ccc1NC(=O)C1(CN)CCCCC1. The van der Waals surface area contributed by atoms with Crippen LogP contribution >= 0.6 is 0 Å². The van der Waals surface area contributed by atoms with Crippen LogP contribution in [0.5, 0.6) is 0 Å². The van der Waals surface area contributed by atoms with Crippen LogP contribution in [0.4, 0.5) is 5.69 Å². The zero-order chi connectivity index (χ0) is 15.5. The molecule has 0 spiro atoms. The van der Waals surface area contributed by atoms with Gasteiger partial charge in [0.25, 0.3) is 0 Å². The molecule has 1 aromatic rings. The predicted octanol–water partition coefficient (Wildman–Crippen LogP) is 1.94. The van der Waals surface area contributed by atoms with Crippen LogP contribution in [0, 0.1) is 12.3 Å². The Labute approximate surface area is 125 Å². The fourth-order valence-corrected chi connectivity index (χ4v) is 2.96. The van der Waals surface area contributed by atoms with Crippen LogP contribution in [0.1, 0.15) is 48.0 Å². The highest BCUT2D eigenvalue weighted by Crippen LogP contribution is 2.36. The Balaban J connectivity index is 2.17. The summed E-state index contributed by atoms with van der Waals surface area (Å²) in [5, 5.41) is 2.97. The van der Waals surface area contributed by atoms with Gasteiger partial charge in [-0.2, -0.15) is 0 Å². The second-order valence-corrected chi connectivity index (χ2v) is 5.89. The highest BCUT2D eigenvalue weighted by atomic mass is 16.2. The molecular formula is C16H23N3O2. The number of carbonyl (C=O) groups excluding carboxylic acids is 2. The topological polar surface area (TPSA) is 98.2 Å². The third-order valence-corrected chi connectivity index (χ3v) is 4.44. The molecule has 2 amide bonds. The molecule has 1 aliphatic carbocycles. The lowest BCUT2D eigenvalue weighted by Gasteiger charge is -2.34. The number of carbonyl (C=O) groups is 2. The first-order chi connectivity index (χ1) is 9.98. The summed E-state index contributed by atoms with van der Waals surface area (Å²) in [7, 11) is 0. The zero-order valence-corrected chi connectivity index (χ0v) is 12.4. The van der Waals surface area contributed by atoms with Crippen molar-refractivity contribution in [2.24, 2.45) is 16.9 Å². The number of nitrogens with two attached hydrogens (primary N) is 2. The van der Waals surface area contributed by atoms with Gasteiger partial charge in [0.15, 0.2) is 0 Å². The van der Waals surface area contributed by atoms with Crippen molar-refractivity contribution in [3.05, 3.63) is 29.3 Å². The van der Waals surface area contributed by atoms with Gasteiger partial charge in [0.2, 0.25) is 11.8 Å². The van der Waals surface area contributed by atoms with Crippen LogP contribution in [-0.2, 0) is 4.79 Å². The fourth-order valence-electron chi connectivity index (χ4n) is 2.96. The van der Waals surface area contributed by atoms with Crippen LogP contribution in [0.15, 0.2) is 18.2 Å². The molecule has 1 saturated carbocycles. The number of hydrogen-bond donors (Lipinski definition) is 3. The van der Waals surface area contributed by atoms with Gasteiger partial charge >= 0.3 is 0 Å². The minimum Gasteiger partial charge on any atom is -0.366 e. The van der Waals surface area contributed by atoms with Gasteiger partial charge in [0.1, 0.15) is 0 Å². The highest BCUT2D eigenvalue weighted by Gasteiger charge is 2.38. The molecule has 0 heterocycles. The molecule has 5 heteroatoms. The number of hydrogen-bond acceptors (Lipinski definition) is 3. The van der Waals surface area contributed by atoms with Crippen LogP contribution in [-0.4, -0.2) is 18.4 Å². The highest BCUT2D eigenvalue weighted by molar-refractivity contribution is 5.98. The molecule has 0 aliphatic heterocycles. The minimum absolute atomic E-state index is 0.0142. The molecule has 1 aromatic carbocycles. The van der Waals surface area contributed by atoms with Gasteiger partial charge in [0.05, 0.1) is 5.41 Å². The average molecular weight is 289 g/mol.